The number of carbonyl (C=O) groups excluding carboxylic acids is 2. The molecule has 1 atom stereocenters. The molecule has 0 radical (unpaired) electrons. The Morgan fingerprint density at radius 3 is 2.47 bits per heavy atom. The number of aryl methyl sites for hydroxylation is 1. The van der Waals surface area contributed by atoms with E-state index in [0.717, 1.165) is 11.1 Å². The lowest BCUT2D eigenvalue weighted by Gasteiger charge is -2.13. The SMILES string of the molecule is COC(=O)OC(/C=C/C=O)c1ccc(C)cc1. The molecular weight excluding hydrogens is 220 g/mol. The van der Waals surface area contributed by atoms with Crippen LogP contribution in [-0.4, -0.2) is 19.6 Å². The Kier molecular flexibility index (Phi) is 4.94. The van der Waals surface area contributed by atoms with Crippen LogP contribution in [0.3, 0.4) is 0 Å². The van der Waals surface area contributed by atoms with E-state index >= 15 is 0 Å². The molecule has 0 amide bonds. The molecule has 0 bridgehead atoms. The molecule has 1 aromatic carbocycles. The second-order valence-electron chi connectivity index (χ2n) is 3.42. The molecule has 17 heavy (non-hydrogen) atoms. The van der Waals surface area contributed by atoms with E-state index in [-0.39, 0.29) is 0 Å². The van der Waals surface area contributed by atoms with Gasteiger partial charge in [-0.15, -0.1) is 0 Å². The normalized spacial score (nSPS) is 12.1. The van der Waals surface area contributed by atoms with E-state index < -0.39 is 12.3 Å². The molecule has 0 aliphatic rings. The zero-order valence-corrected chi connectivity index (χ0v) is 9.75. The van der Waals surface area contributed by atoms with E-state index in [9.17, 15) is 9.59 Å². The predicted octanol–water partition coefficient (Wildman–Crippen LogP) is 2.57. The summed E-state index contributed by atoms with van der Waals surface area (Å²) in [5.41, 5.74) is 1.88. The lowest BCUT2D eigenvalue weighted by atomic mass is 10.1. The van der Waals surface area contributed by atoms with Gasteiger partial charge in [-0.25, -0.2) is 4.79 Å². The number of benzene rings is 1. The molecule has 0 aliphatic heterocycles. The van der Waals surface area contributed by atoms with Crippen LogP contribution in [0.2, 0.25) is 0 Å². The fourth-order valence-electron chi connectivity index (χ4n) is 1.27. The van der Waals surface area contributed by atoms with Crippen molar-refractivity contribution in [1.29, 1.82) is 0 Å². The summed E-state index contributed by atoms with van der Waals surface area (Å²) in [5.74, 6) is 0. The number of rotatable bonds is 4. The van der Waals surface area contributed by atoms with Crippen LogP contribution in [0.5, 0.6) is 0 Å². The summed E-state index contributed by atoms with van der Waals surface area (Å²) in [7, 11) is 1.23. The molecule has 0 saturated heterocycles. The Morgan fingerprint density at radius 2 is 1.94 bits per heavy atom. The molecule has 0 aromatic heterocycles. The fraction of sp³-hybridized carbons (Fsp3) is 0.231. The van der Waals surface area contributed by atoms with Gasteiger partial charge in [-0.1, -0.05) is 29.8 Å². The summed E-state index contributed by atoms with van der Waals surface area (Å²) in [6.45, 7) is 1.96. The predicted molar refractivity (Wildman–Crippen MR) is 62.6 cm³/mol. The standard InChI is InChI=1S/C13H14O4/c1-10-5-7-11(8-6-10)12(4-3-9-14)17-13(15)16-2/h3-9,12H,1-2H3/b4-3+. The highest BCUT2D eigenvalue weighted by Crippen LogP contribution is 2.20. The van der Waals surface area contributed by atoms with E-state index in [1.807, 2.05) is 31.2 Å². The van der Waals surface area contributed by atoms with Gasteiger partial charge in [0.2, 0.25) is 0 Å². The average molecular weight is 234 g/mol. The zero-order valence-electron chi connectivity index (χ0n) is 9.75. The van der Waals surface area contributed by atoms with Gasteiger partial charge in [0, 0.05) is 0 Å². The largest absolute Gasteiger partial charge is 0.508 e. The van der Waals surface area contributed by atoms with Crippen LogP contribution >= 0.6 is 0 Å². The summed E-state index contributed by atoms with van der Waals surface area (Å²) < 4.78 is 9.44. The molecule has 1 rings (SSSR count). The Balaban J connectivity index is 2.88. The first-order chi connectivity index (χ1) is 8.17. The Hall–Kier alpha value is -2.10. The van der Waals surface area contributed by atoms with Crippen LogP contribution in [0.25, 0.3) is 0 Å². The maximum absolute atomic E-state index is 11.1. The second kappa shape index (κ2) is 6.48. The van der Waals surface area contributed by atoms with Crippen LogP contribution < -0.4 is 0 Å². The number of hydrogen-bond donors (Lipinski definition) is 0. The van der Waals surface area contributed by atoms with Crippen molar-refractivity contribution in [3.05, 3.63) is 47.5 Å². The number of methoxy groups -OCH3 is 1. The number of allylic oxidation sites excluding steroid dienone is 1. The molecule has 0 saturated carbocycles. The molecule has 1 unspecified atom stereocenters. The van der Waals surface area contributed by atoms with E-state index in [1.165, 1.54) is 19.3 Å². The third kappa shape index (κ3) is 4.10. The van der Waals surface area contributed by atoms with Crippen LogP contribution in [0.1, 0.15) is 17.2 Å². The zero-order chi connectivity index (χ0) is 12.7. The lowest BCUT2D eigenvalue weighted by molar-refractivity contribution is -0.104. The summed E-state index contributed by atoms with van der Waals surface area (Å²) in [6.07, 6.45) is 2.00. The Bertz CT molecular complexity index is 406. The number of carbonyl (C=O) groups is 2. The van der Waals surface area contributed by atoms with E-state index in [1.54, 1.807) is 0 Å². The number of ether oxygens (including phenoxy) is 2. The highest BCUT2D eigenvalue weighted by molar-refractivity contribution is 5.65. The first kappa shape index (κ1) is 13.0. The van der Waals surface area contributed by atoms with Crippen molar-refractivity contribution >= 4 is 12.4 Å². The van der Waals surface area contributed by atoms with E-state index in [4.69, 9.17) is 4.74 Å². The monoisotopic (exact) mass is 234 g/mol. The van der Waals surface area contributed by atoms with Gasteiger partial charge in [0.1, 0.15) is 12.4 Å². The third-order valence-electron chi connectivity index (χ3n) is 2.16. The average Bonchev–Trinajstić information content (AvgIpc) is 2.35. The van der Waals surface area contributed by atoms with Crippen molar-refractivity contribution in [3.63, 3.8) is 0 Å². The minimum Gasteiger partial charge on any atom is -0.438 e. The molecule has 0 spiro atoms. The quantitative estimate of drug-likeness (QED) is 0.456. The van der Waals surface area contributed by atoms with Crippen LogP contribution in [-0.2, 0) is 14.3 Å². The summed E-state index contributed by atoms with van der Waals surface area (Å²) in [5, 5.41) is 0. The Labute approximate surface area is 99.8 Å². The van der Waals surface area contributed by atoms with Gasteiger partial charge in [0.05, 0.1) is 7.11 Å². The minimum atomic E-state index is -0.786. The van der Waals surface area contributed by atoms with Crippen molar-refractivity contribution in [2.24, 2.45) is 0 Å². The molecule has 0 fully saturated rings. The van der Waals surface area contributed by atoms with Gasteiger partial charge in [-0.05, 0) is 24.6 Å². The molecule has 1 aromatic rings. The molecule has 0 heterocycles. The van der Waals surface area contributed by atoms with Gasteiger partial charge >= 0.3 is 6.16 Å². The van der Waals surface area contributed by atoms with Crippen molar-refractivity contribution in [1.82, 2.24) is 0 Å². The van der Waals surface area contributed by atoms with Gasteiger partial charge in [0.25, 0.3) is 0 Å². The van der Waals surface area contributed by atoms with Crippen LogP contribution in [0, 0.1) is 6.92 Å². The summed E-state index contributed by atoms with van der Waals surface area (Å²) in [4.78, 5) is 21.4. The summed E-state index contributed by atoms with van der Waals surface area (Å²) >= 11 is 0. The molecular formula is C13H14O4. The van der Waals surface area contributed by atoms with Crippen molar-refractivity contribution in [3.8, 4) is 0 Å². The molecule has 4 nitrogen and oxygen atoms in total. The van der Waals surface area contributed by atoms with Crippen LogP contribution in [0.4, 0.5) is 4.79 Å². The summed E-state index contributed by atoms with van der Waals surface area (Å²) in [6, 6.07) is 7.46. The molecule has 0 N–H and O–H groups in total. The molecule has 0 aliphatic carbocycles. The number of aldehydes is 1. The van der Waals surface area contributed by atoms with Gasteiger partial charge < -0.3 is 9.47 Å². The highest BCUT2D eigenvalue weighted by Gasteiger charge is 2.13. The maximum atomic E-state index is 11.1. The topological polar surface area (TPSA) is 52.6 Å². The lowest BCUT2D eigenvalue weighted by Crippen LogP contribution is -2.09. The van der Waals surface area contributed by atoms with Crippen LogP contribution in [0.15, 0.2) is 36.4 Å². The molecule has 4 heteroatoms. The number of hydrogen-bond acceptors (Lipinski definition) is 4. The van der Waals surface area contributed by atoms with Crippen molar-refractivity contribution in [2.75, 3.05) is 7.11 Å². The van der Waals surface area contributed by atoms with Crippen molar-refractivity contribution < 1.29 is 19.1 Å². The Morgan fingerprint density at radius 1 is 1.29 bits per heavy atom. The first-order valence-corrected chi connectivity index (χ1v) is 5.10. The van der Waals surface area contributed by atoms with Gasteiger partial charge in [-0.2, -0.15) is 0 Å². The van der Waals surface area contributed by atoms with Crippen molar-refractivity contribution in [2.45, 2.75) is 13.0 Å². The smallest absolute Gasteiger partial charge is 0.438 e. The maximum Gasteiger partial charge on any atom is 0.508 e. The molecule has 90 valence electrons. The van der Waals surface area contributed by atoms with Gasteiger partial charge in [-0.3, -0.25) is 4.79 Å². The highest BCUT2D eigenvalue weighted by atomic mass is 16.7. The third-order valence-corrected chi connectivity index (χ3v) is 2.16. The van der Waals surface area contributed by atoms with Gasteiger partial charge in [0.15, 0.2) is 0 Å². The minimum absolute atomic E-state index is 0.617. The first-order valence-electron chi connectivity index (χ1n) is 5.10. The van der Waals surface area contributed by atoms with E-state index in [0.29, 0.717) is 6.29 Å². The van der Waals surface area contributed by atoms with E-state index in [2.05, 4.69) is 4.74 Å². The fourth-order valence-corrected chi connectivity index (χ4v) is 1.27. The second-order valence-corrected chi connectivity index (χ2v) is 3.42.